The van der Waals surface area contributed by atoms with Crippen LogP contribution in [0.3, 0.4) is 0 Å². The number of rotatable bonds is 3. The van der Waals surface area contributed by atoms with Gasteiger partial charge in [-0.25, -0.2) is 0 Å². The van der Waals surface area contributed by atoms with Gasteiger partial charge in [-0.2, -0.15) is 0 Å². The number of benzene rings is 1. The number of halogens is 1. The van der Waals surface area contributed by atoms with Gasteiger partial charge in [0.05, 0.1) is 0 Å². The number of nitrogens with one attached hydrogen (secondary N) is 1. The minimum absolute atomic E-state index is 0.257. The van der Waals surface area contributed by atoms with E-state index in [4.69, 9.17) is 0 Å². The van der Waals surface area contributed by atoms with E-state index in [-0.39, 0.29) is 5.75 Å². The average molecular weight is 286 g/mol. The van der Waals surface area contributed by atoms with Gasteiger partial charge in [0.2, 0.25) is 5.13 Å². The summed E-state index contributed by atoms with van der Waals surface area (Å²) in [5.74, 6) is 0.257. The van der Waals surface area contributed by atoms with Crippen molar-refractivity contribution in [1.82, 2.24) is 10.2 Å². The molecule has 0 spiro atoms. The van der Waals surface area contributed by atoms with Crippen molar-refractivity contribution in [3.05, 3.63) is 33.7 Å². The van der Waals surface area contributed by atoms with Crippen LogP contribution in [0.2, 0.25) is 0 Å². The molecule has 0 saturated heterocycles. The summed E-state index contributed by atoms with van der Waals surface area (Å²) in [6.45, 7) is 0.601. The number of hydrogen-bond acceptors (Lipinski definition) is 5. The van der Waals surface area contributed by atoms with Crippen molar-refractivity contribution >= 4 is 32.4 Å². The van der Waals surface area contributed by atoms with Crippen LogP contribution in [0.15, 0.2) is 28.2 Å². The molecule has 0 radical (unpaired) electrons. The van der Waals surface area contributed by atoms with Crippen LogP contribution in [-0.4, -0.2) is 15.3 Å². The normalized spacial score (nSPS) is 10.2. The molecule has 0 aliphatic carbocycles. The van der Waals surface area contributed by atoms with Crippen LogP contribution in [0.1, 0.15) is 5.56 Å². The lowest BCUT2D eigenvalue weighted by Crippen LogP contribution is -1.99. The first-order valence-electron chi connectivity index (χ1n) is 4.23. The van der Waals surface area contributed by atoms with Crippen LogP contribution in [0.4, 0.5) is 5.13 Å². The van der Waals surface area contributed by atoms with Gasteiger partial charge in [0, 0.05) is 11.0 Å². The van der Waals surface area contributed by atoms with Crippen LogP contribution >= 0.6 is 27.3 Å². The van der Waals surface area contributed by atoms with E-state index >= 15 is 0 Å². The molecule has 0 amide bonds. The van der Waals surface area contributed by atoms with Crippen molar-refractivity contribution in [1.29, 1.82) is 0 Å². The van der Waals surface area contributed by atoms with Crippen LogP contribution in [0.25, 0.3) is 0 Å². The predicted molar refractivity (Wildman–Crippen MR) is 63.0 cm³/mol. The minimum Gasteiger partial charge on any atom is -0.508 e. The van der Waals surface area contributed by atoms with Gasteiger partial charge in [0.25, 0.3) is 0 Å². The number of phenols is 1. The first-order valence-corrected chi connectivity index (χ1v) is 5.90. The molecule has 0 aliphatic heterocycles. The maximum atomic E-state index is 9.32. The number of aromatic hydroxyl groups is 1. The highest BCUT2D eigenvalue weighted by Crippen LogP contribution is 2.22. The highest BCUT2D eigenvalue weighted by molar-refractivity contribution is 9.10. The van der Waals surface area contributed by atoms with Gasteiger partial charge in [-0.15, -0.1) is 10.2 Å². The Morgan fingerprint density at radius 1 is 1.47 bits per heavy atom. The number of aromatic nitrogens is 2. The van der Waals surface area contributed by atoms with E-state index in [1.165, 1.54) is 11.3 Å². The molecule has 1 aromatic carbocycles. The third-order valence-corrected chi connectivity index (χ3v) is 3.24. The van der Waals surface area contributed by atoms with Gasteiger partial charge in [-0.05, 0) is 23.8 Å². The van der Waals surface area contributed by atoms with Gasteiger partial charge >= 0.3 is 0 Å². The van der Waals surface area contributed by atoms with Gasteiger partial charge in [-0.1, -0.05) is 27.3 Å². The maximum absolute atomic E-state index is 9.32. The summed E-state index contributed by atoms with van der Waals surface area (Å²) in [6.07, 6.45) is 0. The molecule has 0 unspecified atom stereocenters. The Bertz CT molecular complexity index is 447. The fourth-order valence-corrected chi connectivity index (χ4v) is 1.95. The Morgan fingerprint density at radius 2 is 2.33 bits per heavy atom. The first-order chi connectivity index (χ1) is 7.25. The van der Waals surface area contributed by atoms with Gasteiger partial charge in [0.1, 0.15) is 11.3 Å². The third-order valence-electron chi connectivity index (χ3n) is 1.82. The van der Waals surface area contributed by atoms with E-state index in [1.807, 2.05) is 6.07 Å². The van der Waals surface area contributed by atoms with Gasteiger partial charge in [-0.3, -0.25) is 0 Å². The second-order valence-electron chi connectivity index (χ2n) is 2.87. The van der Waals surface area contributed by atoms with Crippen molar-refractivity contribution in [2.45, 2.75) is 6.54 Å². The Hall–Kier alpha value is -1.14. The van der Waals surface area contributed by atoms with Crippen molar-refractivity contribution in [3.63, 3.8) is 0 Å². The molecule has 4 nitrogen and oxygen atoms in total. The van der Waals surface area contributed by atoms with E-state index in [9.17, 15) is 5.11 Å². The van der Waals surface area contributed by atoms with Crippen LogP contribution in [0.5, 0.6) is 5.75 Å². The topological polar surface area (TPSA) is 58.0 Å². The highest BCUT2D eigenvalue weighted by Gasteiger charge is 2.02. The Kier molecular flexibility index (Phi) is 3.17. The Labute approximate surface area is 99.1 Å². The summed E-state index contributed by atoms with van der Waals surface area (Å²) in [4.78, 5) is 0. The molecule has 78 valence electrons. The summed E-state index contributed by atoms with van der Waals surface area (Å²) in [5, 5.41) is 20.8. The second-order valence-corrected chi connectivity index (χ2v) is 4.56. The molecule has 2 rings (SSSR count). The van der Waals surface area contributed by atoms with E-state index in [2.05, 4.69) is 31.4 Å². The van der Waals surface area contributed by atoms with Crippen LogP contribution in [-0.2, 0) is 6.54 Å². The molecule has 1 heterocycles. The van der Waals surface area contributed by atoms with Crippen molar-refractivity contribution in [2.75, 3.05) is 5.32 Å². The summed E-state index contributed by atoms with van der Waals surface area (Å²) in [6, 6.07) is 5.16. The SMILES string of the molecule is Oc1ccc(Br)c(CNc2nncs2)c1. The fraction of sp³-hybridized carbons (Fsp3) is 0.111. The number of nitrogens with zero attached hydrogens (tertiary/aromatic N) is 2. The quantitative estimate of drug-likeness (QED) is 0.910. The molecule has 0 bridgehead atoms. The Balaban J connectivity index is 2.07. The number of phenolic OH excluding ortho intramolecular Hbond substituents is 1. The third kappa shape index (κ3) is 2.66. The lowest BCUT2D eigenvalue weighted by Gasteiger charge is -2.05. The predicted octanol–water partition coefficient (Wildman–Crippen LogP) is 2.62. The lowest BCUT2D eigenvalue weighted by atomic mass is 10.2. The summed E-state index contributed by atoms with van der Waals surface area (Å²) >= 11 is 4.85. The molecule has 0 aliphatic rings. The van der Waals surface area contributed by atoms with E-state index < -0.39 is 0 Å². The van der Waals surface area contributed by atoms with Crippen molar-refractivity contribution in [3.8, 4) is 5.75 Å². The minimum atomic E-state index is 0.257. The standard InChI is InChI=1S/C9H8BrN3OS/c10-8-2-1-7(14)3-6(8)4-11-9-13-12-5-15-9/h1-3,5,14H,4H2,(H,11,13). The van der Waals surface area contributed by atoms with E-state index in [0.29, 0.717) is 6.54 Å². The van der Waals surface area contributed by atoms with Crippen molar-refractivity contribution < 1.29 is 5.11 Å². The molecule has 0 atom stereocenters. The zero-order chi connectivity index (χ0) is 10.7. The monoisotopic (exact) mass is 285 g/mol. The molecule has 6 heteroatoms. The largest absolute Gasteiger partial charge is 0.508 e. The lowest BCUT2D eigenvalue weighted by molar-refractivity contribution is 0.474. The van der Waals surface area contributed by atoms with Crippen LogP contribution in [0, 0.1) is 0 Å². The van der Waals surface area contributed by atoms with Gasteiger partial charge in [0.15, 0.2) is 0 Å². The fourth-order valence-electron chi connectivity index (χ4n) is 1.12. The van der Waals surface area contributed by atoms with E-state index in [1.54, 1.807) is 17.6 Å². The molecule has 2 N–H and O–H groups in total. The average Bonchev–Trinajstić information content (AvgIpc) is 2.72. The van der Waals surface area contributed by atoms with E-state index in [0.717, 1.165) is 15.2 Å². The summed E-state index contributed by atoms with van der Waals surface area (Å²) in [7, 11) is 0. The van der Waals surface area contributed by atoms with Crippen LogP contribution < -0.4 is 5.32 Å². The number of hydrogen-bond donors (Lipinski definition) is 2. The molecule has 1 aromatic heterocycles. The molecule has 0 fully saturated rings. The highest BCUT2D eigenvalue weighted by atomic mass is 79.9. The zero-order valence-corrected chi connectivity index (χ0v) is 10.0. The molecular weight excluding hydrogens is 278 g/mol. The maximum Gasteiger partial charge on any atom is 0.205 e. The molecule has 2 aromatic rings. The molecular formula is C9H8BrN3OS. The van der Waals surface area contributed by atoms with Crippen molar-refractivity contribution in [2.24, 2.45) is 0 Å². The summed E-state index contributed by atoms with van der Waals surface area (Å²) < 4.78 is 0.956. The molecule has 0 saturated carbocycles. The van der Waals surface area contributed by atoms with Gasteiger partial charge < -0.3 is 10.4 Å². The first kappa shape index (κ1) is 10.4. The number of anilines is 1. The smallest absolute Gasteiger partial charge is 0.205 e. The Morgan fingerprint density at radius 3 is 3.07 bits per heavy atom. The summed E-state index contributed by atoms with van der Waals surface area (Å²) in [5.41, 5.74) is 2.64. The molecule has 15 heavy (non-hydrogen) atoms. The second kappa shape index (κ2) is 4.59. The zero-order valence-electron chi connectivity index (χ0n) is 7.64.